The van der Waals surface area contributed by atoms with Crippen LogP contribution in [0.3, 0.4) is 0 Å². The first-order valence-corrected chi connectivity index (χ1v) is 5.88. The fourth-order valence-electron chi connectivity index (χ4n) is 1.56. The fraction of sp³-hybridized carbons (Fsp3) is 0.286. The maximum Gasteiger partial charge on any atom is 0.573 e. The fourth-order valence-corrected chi connectivity index (χ4v) is 1.56. The third kappa shape index (κ3) is 5.36. The number of hydrogen-bond donors (Lipinski definition) is 1. The van der Waals surface area contributed by atoms with Crippen molar-refractivity contribution in [1.82, 2.24) is 4.57 Å². The van der Waals surface area contributed by atoms with Crippen LogP contribution in [0.1, 0.15) is 12.5 Å². The summed E-state index contributed by atoms with van der Waals surface area (Å²) in [5, 5.41) is 8.96. The van der Waals surface area contributed by atoms with Crippen LogP contribution >= 0.6 is 0 Å². The lowest BCUT2D eigenvalue weighted by Gasteiger charge is -2.11. The van der Waals surface area contributed by atoms with Crippen LogP contribution in [0.5, 0.6) is 0 Å². The first kappa shape index (κ1) is 16.1. The lowest BCUT2D eigenvalue weighted by molar-refractivity contribution is -0.303. The van der Waals surface area contributed by atoms with Gasteiger partial charge in [-0.05, 0) is 36.3 Å². The highest BCUT2D eigenvalue weighted by Gasteiger charge is 2.31. The number of ether oxygens (including phenoxy) is 1. The van der Waals surface area contributed by atoms with Crippen molar-refractivity contribution in [3.8, 4) is 0 Å². The Kier molecular flexibility index (Phi) is 5.64. The molecule has 0 atom stereocenters. The van der Waals surface area contributed by atoms with Gasteiger partial charge in [-0.3, -0.25) is 0 Å². The van der Waals surface area contributed by atoms with Gasteiger partial charge in [0.05, 0.1) is 6.61 Å². The number of halogens is 3. The summed E-state index contributed by atoms with van der Waals surface area (Å²) in [4.78, 5) is 0. The first-order valence-electron chi connectivity index (χ1n) is 5.88. The third-order valence-electron chi connectivity index (χ3n) is 2.49. The summed E-state index contributed by atoms with van der Waals surface area (Å²) in [6.45, 7) is 5.31. The second kappa shape index (κ2) is 7.00. The minimum Gasteiger partial charge on any atom is -0.406 e. The van der Waals surface area contributed by atoms with E-state index >= 15 is 0 Å². The number of alkyl halides is 3. The quantitative estimate of drug-likeness (QED) is 0.641. The van der Waals surface area contributed by atoms with Crippen molar-refractivity contribution in [3.05, 3.63) is 60.2 Å². The zero-order chi connectivity index (χ0) is 15.2. The van der Waals surface area contributed by atoms with Crippen LogP contribution < -0.4 is 0 Å². The van der Waals surface area contributed by atoms with Gasteiger partial charge in [-0.25, -0.2) is 0 Å². The molecule has 1 rings (SSSR count). The summed E-state index contributed by atoms with van der Waals surface area (Å²) in [6, 6.07) is 1.73. The number of aliphatic hydroxyl groups excluding tert-OH is 1. The standard InChI is InChI=1S/C14H16F3NO2/c1-3-11(7-13(4-2)20-14(15,16)17)8-18-6-5-12(9-18)10-19/h3-7,9,19H,2,8,10H2,1H3/b11-3+,13-7+. The molecule has 0 aromatic carbocycles. The van der Waals surface area contributed by atoms with Crippen molar-refractivity contribution in [2.45, 2.75) is 26.4 Å². The highest BCUT2D eigenvalue weighted by Crippen LogP contribution is 2.22. The number of rotatable bonds is 6. The average molecular weight is 287 g/mol. The van der Waals surface area contributed by atoms with Gasteiger partial charge in [-0.15, -0.1) is 13.2 Å². The van der Waals surface area contributed by atoms with E-state index in [1.807, 2.05) is 0 Å². The Morgan fingerprint density at radius 3 is 2.65 bits per heavy atom. The Bertz CT molecular complexity index is 513. The predicted octanol–water partition coefficient (Wildman–Crippen LogP) is 3.53. The monoisotopic (exact) mass is 287 g/mol. The summed E-state index contributed by atoms with van der Waals surface area (Å²) in [7, 11) is 0. The van der Waals surface area contributed by atoms with Gasteiger partial charge in [0.15, 0.2) is 0 Å². The van der Waals surface area contributed by atoms with E-state index in [1.54, 1.807) is 36.0 Å². The molecule has 0 aliphatic rings. The Morgan fingerprint density at radius 2 is 2.20 bits per heavy atom. The van der Waals surface area contributed by atoms with Crippen LogP contribution in [0.4, 0.5) is 13.2 Å². The Hall–Kier alpha value is -1.95. The molecule has 0 saturated carbocycles. The maximum atomic E-state index is 12.2. The molecular weight excluding hydrogens is 271 g/mol. The summed E-state index contributed by atoms with van der Waals surface area (Å²) < 4.78 is 42.1. The van der Waals surface area contributed by atoms with Gasteiger partial charge >= 0.3 is 6.36 Å². The normalized spacial score (nSPS) is 13.4. The molecule has 0 aliphatic heterocycles. The van der Waals surface area contributed by atoms with Crippen molar-refractivity contribution in [2.24, 2.45) is 0 Å². The van der Waals surface area contributed by atoms with Gasteiger partial charge in [0.1, 0.15) is 5.76 Å². The number of allylic oxidation sites excluding steroid dienone is 4. The Balaban J connectivity index is 2.82. The molecule has 1 heterocycles. The van der Waals surface area contributed by atoms with E-state index in [0.29, 0.717) is 12.1 Å². The molecular formula is C14H16F3NO2. The molecule has 0 unspecified atom stereocenters. The molecule has 0 radical (unpaired) electrons. The van der Waals surface area contributed by atoms with Gasteiger partial charge < -0.3 is 14.4 Å². The van der Waals surface area contributed by atoms with Gasteiger partial charge in [0.25, 0.3) is 0 Å². The van der Waals surface area contributed by atoms with E-state index in [0.717, 1.165) is 11.6 Å². The highest BCUT2D eigenvalue weighted by molar-refractivity contribution is 5.26. The molecule has 6 heteroatoms. The average Bonchev–Trinajstić information content (AvgIpc) is 2.83. The number of hydrogen-bond acceptors (Lipinski definition) is 2. The third-order valence-corrected chi connectivity index (χ3v) is 2.49. The minimum absolute atomic E-state index is 0.0803. The van der Waals surface area contributed by atoms with Crippen LogP contribution in [0.2, 0.25) is 0 Å². The molecule has 0 amide bonds. The molecule has 0 spiro atoms. The molecule has 1 aromatic rings. The molecule has 1 aromatic heterocycles. The van der Waals surface area contributed by atoms with Crippen LogP contribution in [-0.4, -0.2) is 16.0 Å². The molecule has 20 heavy (non-hydrogen) atoms. The van der Waals surface area contributed by atoms with Crippen LogP contribution in [0.15, 0.2) is 54.6 Å². The van der Waals surface area contributed by atoms with E-state index < -0.39 is 6.36 Å². The van der Waals surface area contributed by atoms with Crippen molar-refractivity contribution in [1.29, 1.82) is 0 Å². The van der Waals surface area contributed by atoms with Crippen molar-refractivity contribution >= 4 is 0 Å². The second-order valence-electron chi connectivity index (χ2n) is 4.01. The molecule has 0 bridgehead atoms. The molecule has 0 aliphatic carbocycles. The zero-order valence-corrected chi connectivity index (χ0v) is 11.0. The van der Waals surface area contributed by atoms with Crippen molar-refractivity contribution < 1.29 is 23.0 Å². The van der Waals surface area contributed by atoms with E-state index in [2.05, 4.69) is 11.3 Å². The SMILES string of the molecule is C=C/C(=C\C(=C/C)Cn1ccc(CO)c1)OC(F)(F)F. The summed E-state index contributed by atoms with van der Waals surface area (Å²) in [5.74, 6) is -0.361. The topological polar surface area (TPSA) is 34.4 Å². The number of aliphatic hydroxyl groups is 1. The number of nitrogens with zero attached hydrogens (tertiary/aromatic N) is 1. The van der Waals surface area contributed by atoms with Gasteiger partial charge in [-0.1, -0.05) is 12.7 Å². The van der Waals surface area contributed by atoms with Gasteiger partial charge in [0.2, 0.25) is 0 Å². The largest absolute Gasteiger partial charge is 0.573 e. The van der Waals surface area contributed by atoms with E-state index in [1.165, 1.54) is 6.08 Å². The zero-order valence-electron chi connectivity index (χ0n) is 11.0. The van der Waals surface area contributed by atoms with Gasteiger partial charge in [-0.2, -0.15) is 0 Å². The van der Waals surface area contributed by atoms with Crippen molar-refractivity contribution in [3.63, 3.8) is 0 Å². The number of aromatic nitrogens is 1. The molecule has 3 nitrogen and oxygen atoms in total. The van der Waals surface area contributed by atoms with Crippen molar-refractivity contribution in [2.75, 3.05) is 0 Å². The Labute approximate surface area is 115 Å². The predicted molar refractivity (Wildman–Crippen MR) is 69.5 cm³/mol. The summed E-state index contributed by atoms with van der Waals surface area (Å²) >= 11 is 0. The first-order chi connectivity index (χ1) is 9.37. The molecule has 1 N–H and O–H groups in total. The van der Waals surface area contributed by atoms with Crippen LogP contribution in [0, 0.1) is 0 Å². The highest BCUT2D eigenvalue weighted by atomic mass is 19.4. The molecule has 0 fully saturated rings. The van der Waals surface area contributed by atoms with E-state index in [4.69, 9.17) is 5.11 Å². The van der Waals surface area contributed by atoms with Crippen LogP contribution in [-0.2, 0) is 17.9 Å². The lowest BCUT2D eigenvalue weighted by Crippen LogP contribution is -2.12. The lowest BCUT2D eigenvalue weighted by atomic mass is 10.2. The summed E-state index contributed by atoms with van der Waals surface area (Å²) in [6.07, 6.45) is 2.68. The second-order valence-corrected chi connectivity index (χ2v) is 4.01. The Morgan fingerprint density at radius 1 is 1.50 bits per heavy atom. The van der Waals surface area contributed by atoms with E-state index in [-0.39, 0.29) is 12.4 Å². The molecule has 0 saturated heterocycles. The van der Waals surface area contributed by atoms with E-state index in [9.17, 15) is 13.2 Å². The smallest absolute Gasteiger partial charge is 0.406 e. The van der Waals surface area contributed by atoms with Crippen LogP contribution in [0.25, 0.3) is 0 Å². The molecule has 110 valence electrons. The minimum atomic E-state index is -4.74. The maximum absolute atomic E-state index is 12.2. The van der Waals surface area contributed by atoms with Gasteiger partial charge in [0, 0.05) is 18.9 Å². The summed E-state index contributed by atoms with van der Waals surface area (Å²) in [5.41, 5.74) is 1.36.